The maximum Gasteiger partial charge on any atom is 0.243 e. The molecule has 6 heteroatoms. The maximum atomic E-state index is 13.3. The molecule has 0 radical (unpaired) electrons. The molecule has 6 rings (SSSR count). The molecule has 30 heavy (non-hydrogen) atoms. The number of nitrogens with zero attached hydrogens (tertiary/aromatic N) is 1. The van der Waals surface area contributed by atoms with Gasteiger partial charge in [0.15, 0.2) is 0 Å². The second-order valence-corrected chi connectivity index (χ2v) is 12.5. The molecule has 1 N–H and O–H groups in total. The SMILES string of the molecule is Cc1ccc(S(=O)(=O)N2CCC(NC(=O)C34CC5CC(CC(C5)C3)C4)CC2)cc1C. The predicted molar refractivity (Wildman–Crippen MR) is 116 cm³/mol. The van der Waals surface area contributed by atoms with E-state index in [1.807, 2.05) is 19.9 Å². The molecule has 164 valence electrons. The van der Waals surface area contributed by atoms with Crippen molar-refractivity contribution in [2.75, 3.05) is 13.1 Å². The van der Waals surface area contributed by atoms with E-state index in [2.05, 4.69) is 5.32 Å². The average molecular weight is 431 g/mol. The molecule has 0 unspecified atom stereocenters. The van der Waals surface area contributed by atoms with Gasteiger partial charge in [0.2, 0.25) is 15.9 Å². The van der Waals surface area contributed by atoms with Crippen LogP contribution >= 0.6 is 0 Å². The van der Waals surface area contributed by atoms with Crippen molar-refractivity contribution < 1.29 is 13.2 Å². The van der Waals surface area contributed by atoms with Crippen molar-refractivity contribution in [3.05, 3.63) is 29.3 Å². The zero-order chi connectivity index (χ0) is 21.1. The van der Waals surface area contributed by atoms with Crippen LogP contribution in [-0.4, -0.2) is 37.8 Å². The molecule has 1 aromatic rings. The lowest BCUT2D eigenvalue weighted by Gasteiger charge is -2.56. The first-order valence-corrected chi connectivity index (χ1v) is 13.1. The number of aryl methyl sites for hydroxylation is 2. The van der Waals surface area contributed by atoms with E-state index in [4.69, 9.17) is 0 Å². The van der Waals surface area contributed by atoms with Crippen LogP contribution in [0.1, 0.15) is 62.5 Å². The molecule has 4 bridgehead atoms. The third kappa shape index (κ3) is 3.50. The second kappa shape index (κ2) is 7.33. The summed E-state index contributed by atoms with van der Waals surface area (Å²) >= 11 is 0. The summed E-state index contributed by atoms with van der Waals surface area (Å²) in [5.41, 5.74) is 1.96. The van der Waals surface area contributed by atoms with E-state index in [9.17, 15) is 13.2 Å². The Hall–Kier alpha value is -1.40. The van der Waals surface area contributed by atoms with Crippen molar-refractivity contribution in [2.24, 2.45) is 23.2 Å². The highest BCUT2D eigenvalue weighted by molar-refractivity contribution is 7.89. The van der Waals surface area contributed by atoms with Crippen molar-refractivity contribution in [3.8, 4) is 0 Å². The van der Waals surface area contributed by atoms with Gasteiger partial charge in [-0.3, -0.25) is 4.79 Å². The molecule has 4 saturated carbocycles. The van der Waals surface area contributed by atoms with E-state index in [0.29, 0.717) is 30.8 Å². The number of rotatable bonds is 4. The number of hydrogen-bond acceptors (Lipinski definition) is 3. The van der Waals surface area contributed by atoms with Crippen LogP contribution in [0.15, 0.2) is 23.1 Å². The summed E-state index contributed by atoms with van der Waals surface area (Å²) in [6.07, 6.45) is 8.62. The highest BCUT2D eigenvalue weighted by atomic mass is 32.2. The van der Waals surface area contributed by atoms with Crippen LogP contribution in [0, 0.1) is 37.0 Å². The second-order valence-electron chi connectivity index (χ2n) is 10.6. The molecule has 1 amide bonds. The van der Waals surface area contributed by atoms with Gasteiger partial charge in [-0.2, -0.15) is 4.31 Å². The molecule has 5 aliphatic rings. The first kappa shape index (κ1) is 20.5. The number of carbonyl (C=O) groups excluding carboxylic acids is 1. The third-order valence-electron chi connectivity index (χ3n) is 8.43. The lowest BCUT2D eigenvalue weighted by molar-refractivity contribution is -0.147. The molecule has 0 atom stereocenters. The summed E-state index contributed by atoms with van der Waals surface area (Å²) < 4.78 is 27.7. The predicted octanol–water partition coefficient (Wildman–Crippen LogP) is 3.79. The molecule has 5 nitrogen and oxygen atoms in total. The minimum Gasteiger partial charge on any atom is -0.353 e. The van der Waals surface area contributed by atoms with Crippen LogP contribution in [0.2, 0.25) is 0 Å². The fourth-order valence-corrected chi connectivity index (χ4v) is 8.55. The zero-order valence-corrected chi connectivity index (χ0v) is 19.0. The van der Waals surface area contributed by atoms with E-state index in [0.717, 1.165) is 48.1 Å². The van der Waals surface area contributed by atoms with E-state index in [1.165, 1.54) is 19.3 Å². The van der Waals surface area contributed by atoms with E-state index >= 15 is 0 Å². The monoisotopic (exact) mass is 430 g/mol. The van der Waals surface area contributed by atoms with Gasteiger partial charge in [-0.15, -0.1) is 0 Å². The maximum absolute atomic E-state index is 13.3. The topological polar surface area (TPSA) is 66.5 Å². The first-order chi connectivity index (χ1) is 14.2. The molecule has 1 aliphatic heterocycles. The third-order valence-corrected chi connectivity index (χ3v) is 10.3. The van der Waals surface area contributed by atoms with Crippen LogP contribution < -0.4 is 5.32 Å². The Morgan fingerprint density at radius 2 is 1.53 bits per heavy atom. The summed E-state index contributed by atoms with van der Waals surface area (Å²) in [6.45, 7) is 4.88. The fourth-order valence-electron chi connectivity index (χ4n) is 6.99. The summed E-state index contributed by atoms with van der Waals surface area (Å²) in [6, 6.07) is 5.45. The Kier molecular flexibility index (Phi) is 5.01. The van der Waals surface area contributed by atoms with Gasteiger partial charge in [-0.1, -0.05) is 6.07 Å². The van der Waals surface area contributed by atoms with E-state index in [1.54, 1.807) is 16.4 Å². The number of nitrogens with one attached hydrogen (secondary N) is 1. The molecular formula is C24H34N2O3S. The average Bonchev–Trinajstić information content (AvgIpc) is 2.69. The van der Waals surface area contributed by atoms with Crippen molar-refractivity contribution >= 4 is 15.9 Å². The molecule has 1 aromatic carbocycles. The normalized spacial score (nSPS) is 34.3. The summed E-state index contributed by atoms with van der Waals surface area (Å²) in [4.78, 5) is 13.7. The summed E-state index contributed by atoms with van der Waals surface area (Å²) in [7, 11) is -3.47. The number of benzene rings is 1. The minimum atomic E-state index is -3.47. The van der Waals surface area contributed by atoms with Crippen molar-refractivity contribution in [3.63, 3.8) is 0 Å². The van der Waals surface area contributed by atoms with Gasteiger partial charge in [0.1, 0.15) is 0 Å². The Balaban J connectivity index is 1.21. The zero-order valence-electron chi connectivity index (χ0n) is 18.2. The van der Waals surface area contributed by atoms with Gasteiger partial charge in [-0.05, 0) is 106 Å². The van der Waals surface area contributed by atoms with Crippen molar-refractivity contribution in [2.45, 2.75) is 76.2 Å². The Labute approximate surface area is 180 Å². The number of amides is 1. The largest absolute Gasteiger partial charge is 0.353 e. The lowest BCUT2D eigenvalue weighted by atomic mass is 9.49. The van der Waals surface area contributed by atoms with E-state index < -0.39 is 10.0 Å². The number of sulfonamides is 1. The van der Waals surface area contributed by atoms with Crippen LogP contribution in [0.5, 0.6) is 0 Å². The highest BCUT2D eigenvalue weighted by Gasteiger charge is 2.54. The molecule has 1 heterocycles. The standard InChI is InChI=1S/C24H34N2O3S/c1-16-3-4-22(9-17(16)2)30(28,29)26-7-5-21(6-8-26)25-23(27)24-13-18-10-19(14-24)12-20(11-18)15-24/h3-4,9,18-21H,5-8,10-15H2,1-2H3,(H,25,27). The van der Waals surface area contributed by atoms with E-state index in [-0.39, 0.29) is 17.4 Å². The van der Waals surface area contributed by atoms with Crippen LogP contribution in [0.4, 0.5) is 0 Å². The van der Waals surface area contributed by atoms with Crippen molar-refractivity contribution in [1.82, 2.24) is 9.62 Å². The van der Waals surface area contributed by atoms with Gasteiger partial charge >= 0.3 is 0 Å². The van der Waals surface area contributed by atoms with Crippen LogP contribution in [-0.2, 0) is 14.8 Å². The minimum absolute atomic E-state index is 0.0942. The fraction of sp³-hybridized carbons (Fsp3) is 0.708. The Morgan fingerprint density at radius 1 is 0.967 bits per heavy atom. The first-order valence-electron chi connectivity index (χ1n) is 11.6. The van der Waals surface area contributed by atoms with Crippen molar-refractivity contribution in [1.29, 1.82) is 0 Å². The molecule has 1 saturated heterocycles. The van der Waals surface area contributed by atoms with Gasteiger partial charge < -0.3 is 5.32 Å². The molecule has 4 aliphatic carbocycles. The van der Waals surface area contributed by atoms with Gasteiger partial charge in [-0.25, -0.2) is 8.42 Å². The molecule has 0 aromatic heterocycles. The quantitative estimate of drug-likeness (QED) is 0.790. The smallest absolute Gasteiger partial charge is 0.243 e. The molecular weight excluding hydrogens is 396 g/mol. The van der Waals surface area contributed by atoms with Gasteiger partial charge in [0.25, 0.3) is 0 Å². The van der Waals surface area contributed by atoms with Gasteiger partial charge in [0.05, 0.1) is 4.90 Å². The Bertz CT molecular complexity index is 912. The number of piperidine rings is 1. The van der Waals surface area contributed by atoms with Crippen LogP contribution in [0.3, 0.4) is 0 Å². The lowest BCUT2D eigenvalue weighted by Crippen LogP contribution is -2.56. The molecule has 5 fully saturated rings. The Morgan fingerprint density at radius 3 is 2.07 bits per heavy atom. The summed E-state index contributed by atoms with van der Waals surface area (Å²) in [5.74, 6) is 2.53. The number of hydrogen-bond donors (Lipinski definition) is 1. The van der Waals surface area contributed by atoms with Crippen LogP contribution in [0.25, 0.3) is 0 Å². The van der Waals surface area contributed by atoms with Gasteiger partial charge in [0, 0.05) is 24.5 Å². The highest BCUT2D eigenvalue weighted by Crippen LogP contribution is 2.60. The number of carbonyl (C=O) groups is 1. The summed E-state index contributed by atoms with van der Waals surface area (Å²) in [5, 5.41) is 3.34. The molecule has 0 spiro atoms.